The van der Waals surface area contributed by atoms with Crippen molar-refractivity contribution in [1.82, 2.24) is 15.5 Å². The van der Waals surface area contributed by atoms with Crippen molar-refractivity contribution in [2.75, 3.05) is 39.8 Å². The van der Waals surface area contributed by atoms with Crippen molar-refractivity contribution >= 4 is 5.96 Å². The molecule has 0 atom stereocenters. The Hall–Kier alpha value is -2.01. The summed E-state index contributed by atoms with van der Waals surface area (Å²) in [6.45, 7) is 11.2. The molecule has 1 saturated heterocycles. The molecular formula is C21H34N4O. The normalized spacial score (nSPS) is 16.3. The maximum atomic E-state index is 5.72. The second-order valence-electron chi connectivity index (χ2n) is 6.86. The van der Waals surface area contributed by atoms with Gasteiger partial charge in [-0.3, -0.25) is 0 Å². The molecule has 0 radical (unpaired) electrons. The van der Waals surface area contributed by atoms with Gasteiger partial charge in [-0.25, -0.2) is 4.99 Å². The number of guanidine groups is 1. The summed E-state index contributed by atoms with van der Waals surface area (Å²) in [6, 6.07) is 8.04. The predicted octanol–water partition coefficient (Wildman–Crippen LogP) is 3.04. The molecule has 144 valence electrons. The average Bonchev–Trinajstić information content (AvgIpc) is 2.66. The van der Waals surface area contributed by atoms with Crippen molar-refractivity contribution in [3.8, 4) is 5.75 Å². The van der Waals surface area contributed by atoms with Crippen LogP contribution in [0.25, 0.3) is 0 Å². The topological polar surface area (TPSA) is 48.9 Å². The van der Waals surface area contributed by atoms with Gasteiger partial charge in [-0.2, -0.15) is 0 Å². The SMILES string of the molecule is C=CCOc1ccccc1CN=C(NCC)NCCC1CCN(C)CC1. The van der Waals surface area contributed by atoms with Gasteiger partial charge in [0.15, 0.2) is 5.96 Å². The van der Waals surface area contributed by atoms with Gasteiger partial charge < -0.3 is 20.3 Å². The molecule has 5 nitrogen and oxygen atoms in total. The van der Waals surface area contributed by atoms with E-state index < -0.39 is 0 Å². The molecule has 2 N–H and O–H groups in total. The van der Waals surface area contributed by atoms with Gasteiger partial charge in [0.1, 0.15) is 12.4 Å². The number of ether oxygens (including phenoxy) is 1. The molecular weight excluding hydrogens is 324 g/mol. The number of nitrogens with one attached hydrogen (secondary N) is 2. The minimum atomic E-state index is 0.510. The monoisotopic (exact) mass is 358 g/mol. The highest BCUT2D eigenvalue weighted by Crippen LogP contribution is 2.19. The summed E-state index contributed by atoms with van der Waals surface area (Å²) in [5, 5.41) is 6.81. The molecule has 1 aliphatic heterocycles. The Kier molecular flexibility index (Phi) is 9.04. The van der Waals surface area contributed by atoms with E-state index in [0.717, 1.165) is 36.3 Å². The van der Waals surface area contributed by atoms with Crippen molar-refractivity contribution in [3.05, 3.63) is 42.5 Å². The zero-order valence-electron chi connectivity index (χ0n) is 16.3. The van der Waals surface area contributed by atoms with E-state index in [4.69, 9.17) is 9.73 Å². The molecule has 1 fully saturated rings. The minimum Gasteiger partial charge on any atom is -0.489 e. The Balaban J connectivity index is 1.85. The zero-order valence-corrected chi connectivity index (χ0v) is 16.3. The van der Waals surface area contributed by atoms with Gasteiger partial charge in [-0.05, 0) is 58.3 Å². The maximum absolute atomic E-state index is 5.72. The number of rotatable bonds is 9. The number of likely N-dealkylation sites (tertiary alicyclic amines) is 1. The fourth-order valence-electron chi connectivity index (χ4n) is 3.18. The number of piperidine rings is 1. The number of para-hydroxylation sites is 1. The largest absolute Gasteiger partial charge is 0.489 e. The lowest BCUT2D eigenvalue weighted by molar-refractivity contribution is 0.213. The Bertz CT molecular complexity index is 565. The zero-order chi connectivity index (χ0) is 18.6. The molecule has 0 spiro atoms. The summed E-state index contributed by atoms with van der Waals surface area (Å²) in [5.41, 5.74) is 1.09. The Morgan fingerprint density at radius 2 is 2.08 bits per heavy atom. The van der Waals surface area contributed by atoms with E-state index in [1.165, 1.54) is 32.4 Å². The molecule has 1 aliphatic rings. The minimum absolute atomic E-state index is 0.510. The van der Waals surface area contributed by atoms with Crippen LogP contribution in [-0.4, -0.2) is 50.7 Å². The Labute approximate surface area is 158 Å². The average molecular weight is 359 g/mol. The molecule has 1 aromatic carbocycles. The second-order valence-corrected chi connectivity index (χ2v) is 6.86. The van der Waals surface area contributed by atoms with Crippen LogP contribution in [0.15, 0.2) is 41.9 Å². The van der Waals surface area contributed by atoms with Crippen LogP contribution in [0.5, 0.6) is 5.75 Å². The molecule has 5 heteroatoms. The summed E-state index contributed by atoms with van der Waals surface area (Å²) in [6.07, 6.45) is 5.58. The smallest absolute Gasteiger partial charge is 0.191 e. The first-order valence-corrected chi connectivity index (χ1v) is 9.75. The van der Waals surface area contributed by atoms with E-state index >= 15 is 0 Å². The van der Waals surface area contributed by atoms with E-state index in [2.05, 4.69) is 42.2 Å². The Morgan fingerprint density at radius 1 is 1.31 bits per heavy atom. The van der Waals surface area contributed by atoms with Gasteiger partial charge in [0.05, 0.1) is 6.54 Å². The first-order chi connectivity index (χ1) is 12.7. The lowest BCUT2D eigenvalue weighted by Crippen LogP contribution is -2.39. The predicted molar refractivity (Wildman–Crippen MR) is 110 cm³/mol. The fraction of sp³-hybridized carbons (Fsp3) is 0.571. The third kappa shape index (κ3) is 7.08. The number of hydrogen-bond acceptors (Lipinski definition) is 3. The molecule has 2 rings (SSSR count). The van der Waals surface area contributed by atoms with Gasteiger partial charge in [-0.15, -0.1) is 0 Å². The summed E-state index contributed by atoms with van der Waals surface area (Å²) in [7, 11) is 2.21. The Morgan fingerprint density at radius 3 is 2.81 bits per heavy atom. The third-order valence-corrected chi connectivity index (χ3v) is 4.76. The highest BCUT2D eigenvalue weighted by Gasteiger charge is 2.16. The molecule has 0 saturated carbocycles. The first-order valence-electron chi connectivity index (χ1n) is 9.75. The first kappa shape index (κ1) is 20.3. The third-order valence-electron chi connectivity index (χ3n) is 4.76. The van der Waals surface area contributed by atoms with E-state index in [0.29, 0.717) is 13.2 Å². The van der Waals surface area contributed by atoms with Crippen LogP contribution in [0, 0.1) is 5.92 Å². The van der Waals surface area contributed by atoms with Crippen molar-refractivity contribution in [2.45, 2.75) is 32.7 Å². The van der Waals surface area contributed by atoms with Gasteiger partial charge in [0, 0.05) is 18.7 Å². The van der Waals surface area contributed by atoms with Crippen LogP contribution in [-0.2, 0) is 6.54 Å². The molecule has 0 amide bonds. The van der Waals surface area contributed by atoms with Crippen LogP contribution >= 0.6 is 0 Å². The molecule has 1 heterocycles. The van der Waals surface area contributed by atoms with Crippen LogP contribution in [0.4, 0.5) is 0 Å². The number of hydrogen-bond donors (Lipinski definition) is 2. The van der Waals surface area contributed by atoms with Crippen LogP contribution < -0.4 is 15.4 Å². The quantitative estimate of drug-likeness (QED) is 0.405. The molecule has 26 heavy (non-hydrogen) atoms. The fourth-order valence-corrected chi connectivity index (χ4v) is 3.18. The van der Waals surface area contributed by atoms with Crippen LogP contribution in [0.2, 0.25) is 0 Å². The molecule has 0 bridgehead atoms. The maximum Gasteiger partial charge on any atom is 0.191 e. The van der Waals surface area contributed by atoms with Gasteiger partial charge in [0.2, 0.25) is 0 Å². The van der Waals surface area contributed by atoms with Crippen LogP contribution in [0.1, 0.15) is 31.7 Å². The molecule has 1 aromatic rings. The molecule has 0 aromatic heterocycles. The second kappa shape index (κ2) is 11.6. The van der Waals surface area contributed by atoms with Gasteiger partial charge in [0.25, 0.3) is 0 Å². The van der Waals surface area contributed by atoms with Gasteiger partial charge in [-0.1, -0.05) is 30.9 Å². The van der Waals surface area contributed by atoms with Crippen molar-refractivity contribution < 1.29 is 4.74 Å². The van der Waals surface area contributed by atoms with E-state index in [1.54, 1.807) is 6.08 Å². The highest BCUT2D eigenvalue weighted by molar-refractivity contribution is 5.79. The lowest BCUT2D eigenvalue weighted by Gasteiger charge is -2.29. The van der Waals surface area contributed by atoms with E-state index in [9.17, 15) is 0 Å². The summed E-state index contributed by atoms with van der Waals surface area (Å²) in [5.74, 6) is 2.58. The summed E-state index contributed by atoms with van der Waals surface area (Å²) >= 11 is 0. The van der Waals surface area contributed by atoms with Crippen LogP contribution in [0.3, 0.4) is 0 Å². The highest BCUT2D eigenvalue weighted by atomic mass is 16.5. The summed E-state index contributed by atoms with van der Waals surface area (Å²) < 4.78 is 5.72. The summed E-state index contributed by atoms with van der Waals surface area (Å²) in [4.78, 5) is 7.15. The molecule has 0 unspecified atom stereocenters. The van der Waals surface area contributed by atoms with E-state index in [1.807, 2.05) is 18.2 Å². The number of aliphatic imine (C=N–C) groups is 1. The number of nitrogens with zero attached hydrogens (tertiary/aromatic N) is 2. The van der Waals surface area contributed by atoms with Crippen molar-refractivity contribution in [1.29, 1.82) is 0 Å². The van der Waals surface area contributed by atoms with Crippen molar-refractivity contribution in [3.63, 3.8) is 0 Å². The number of benzene rings is 1. The molecule has 0 aliphatic carbocycles. The van der Waals surface area contributed by atoms with E-state index in [-0.39, 0.29) is 0 Å². The standard InChI is InChI=1S/C21H34N4O/c1-4-16-26-20-9-7-6-8-19(20)17-24-21(22-5-2)23-13-10-18-11-14-25(3)15-12-18/h4,6-9,18H,1,5,10-17H2,2-3H3,(H2,22,23,24). The lowest BCUT2D eigenvalue weighted by atomic mass is 9.94. The van der Waals surface area contributed by atoms with Crippen molar-refractivity contribution in [2.24, 2.45) is 10.9 Å². The van der Waals surface area contributed by atoms with Gasteiger partial charge >= 0.3 is 0 Å².